The van der Waals surface area contributed by atoms with Crippen molar-refractivity contribution in [2.24, 2.45) is 0 Å². The number of amides is 1. The van der Waals surface area contributed by atoms with E-state index in [1.54, 1.807) is 36.4 Å². The number of hydrogen-bond donors (Lipinski definition) is 2. The number of sulfonamides is 1. The fourth-order valence-electron chi connectivity index (χ4n) is 2.37. The summed E-state index contributed by atoms with van der Waals surface area (Å²) in [5, 5.41) is 4.27. The van der Waals surface area contributed by atoms with Crippen LogP contribution in [-0.2, 0) is 10.0 Å². The standard InChI is InChI=1S/C17H13N3O5S2/c21-16(18-11-6-7-14-15(8-11)25-10-24-14)13-9-26-17(19-13)20-27(22,23)12-4-2-1-3-5-12/h1-9H,10H2,(H,18,21)(H,19,20). The summed E-state index contributed by atoms with van der Waals surface area (Å²) < 4.78 is 37.5. The minimum atomic E-state index is -3.76. The Kier molecular flexibility index (Phi) is 4.42. The molecule has 1 amide bonds. The van der Waals surface area contributed by atoms with Crippen LogP contribution in [0.2, 0.25) is 0 Å². The number of nitrogens with zero attached hydrogens (tertiary/aromatic N) is 1. The van der Waals surface area contributed by atoms with Gasteiger partial charge in [0.05, 0.1) is 4.90 Å². The molecule has 27 heavy (non-hydrogen) atoms. The molecular formula is C17H13N3O5S2. The van der Waals surface area contributed by atoms with Gasteiger partial charge in [0.25, 0.3) is 15.9 Å². The molecule has 8 nitrogen and oxygen atoms in total. The van der Waals surface area contributed by atoms with Crippen LogP contribution in [0.15, 0.2) is 58.8 Å². The number of carbonyl (C=O) groups is 1. The van der Waals surface area contributed by atoms with Gasteiger partial charge in [-0.15, -0.1) is 11.3 Å². The lowest BCUT2D eigenvalue weighted by molar-refractivity contribution is 0.102. The minimum Gasteiger partial charge on any atom is -0.454 e. The highest BCUT2D eigenvalue weighted by Crippen LogP contribution is 2.34. The number of rotatable bonds is 5. The summed E-state index contributed by atoms with van der Waals surface area (Å²) in [5.41, 5.74) is 0.618. The van der Waals surface area contributed by atoms with Gasteiger partial charge in [-0.05, 0) is 24.3 Å². The maximum absolute atomic E-state index is 12.3. The van der Waals surface area contributed by atoms with E-state index in [2.05, 4.69) is 15.0 Å². The lowest BCUT2D eigenvalue weighted by Crippen LogP contribution is -2.14. The second-order valence-corrected chi connectivity index (χ2v) is 8.02. The van der Waals surface area contributed by atoms with Crippen molar-refractivity contribution in [2.75, 3.05) is 16.8 Å². The molecule has 0 saturated heterocycles. The van der Waals surface area contributed by atoms with Crippen LogP contribution < -0.4 is 19.5 Å². The van der Waals surface area contributed by atoms with Crippen LogP contribution >= 0.6 is 11.3 Å². The third-order valence-electron chi connectivity index (χ3n) is 3.64. The number of nitrogens with one attached hydrogen (secondary N) is 2. The van der Waals surface area contributed by atoms with Crippen LogP contribution in [0.3, 0.4) is 0 Å². The fraction of sp³-hybridized carbons (Fsp3) is 0.0588. The summed E-state index contributed by atoms with van der Waals surface area (Å²) in [6.07, 6.45) is 0. The Morgan fingerprint density at radius 1 is 1.07 bits per heavy atom. The molecule has 0 fully saturated rings. The number of ether oxygens (including phenoxy) is 2. The molecule has 4 rings (SSSR count). The summed E-state index contributed by atoms with van der Waals surface area (Å²) in [4.78, 5) is 16.5. The van der Waals surface area contributed by atoms with Crippen molar-refractivity contribution >= 4 is 38.1 Å². The number of anilines is 2. The Balaban J connectivity index is 1.47. The minimum absolute atomic E-state index is 0.100. The predicted molar refractivity (Wildman–Crippen MR) is 99.9 cm³/mol. The third-order valence-corrected chi connectivity index (χ3v) is 5.88. The Morgan fingerprint density at radius 2 is 1.85 bits per heavy atom. The zero-order chi connectivity index (χ0) is 18.9. The summed E-state index contributed by atoms with van der Waals surface area (Å²) in [6.45, 7) is 0.143. The first-order valence-corrected chi connectivity index (χ1v) is 10.1. The molecule has 0 atom stereocenters. The fourth-order valence-corrected chi connectivity index (χ4v) is 4.33. The molecule has 0 bridgehead atoms. The van der Waals surface area contributed by atoms with Crippen molar-refractivity contribution in [3.63, 3.8) is 0 Å². The molecule has 0 saturated carbocycles. The molecule has 2 N–H and O–H groups in total. The van der Waals surface area contributed by atoms with Crippen LogP contribution in [0.4, 0.5) is 10.8 Å². The van der Waals surface area contributed by atoms with E-state index >= 15 is 0 Å². The zero-order valence-electron chi connectivity index (χ0n) is 13.7. The molecule has 3 aromatic rings. The van der Waals surface area contributed by atoms with Crippen LogP contribution in [0.5, 0.6) is 11.5 Å². The summed E-state index contributed by atoms with van der Waals surface area (Å²) >= 11 is 1.02. The zero-order valence-corrected chi connectivity index (χ0v) is 15.3. The normalized spacial score (nSPS) is 12.6. The van der Waals surface area contributed by atoms with Gasteiger partial charge in [0.1, 0.15) is 5.69 Å². The van der Waals surface area contributed by atoms with Crippen molar-refractivity contribution in [3.8, 4) is 11.5 Å². The van der Waals surface area contributed by atoms with Crippen LogP contribution in [0.1, 0.15) is 10.5 Å². The molecule has 0 aliphatic carbocycles. The molecule has 138 valence electrons. The topological polar surface area (TPSA) is 107 Å². The van der Waals surface area contributed by atoms with Gasteiger partial charge < -0.3 is 14.8 Å². The van der Waals surface area contributed by atoms with Gasteiger partial charge in [0, 0.05) is 17.1 Å². The predicted octanol–water partition coefficient (Wildman–Crippen LogP) is 2.92. The molecule has 2 heterocycles. The number of fused-ring (bicyclic) bond motifs is 1. The summed E-state index contributed by atoms with van der Waals surface area (Å²) in [7, 11) is -3.76. The number of aromatic nitrogens is 1. The SMILES string of the molecule is O=C(Nc1ccc2c(c1)OCO2)c1csc(NS(=O)(=O)c2ccccc2)n1. The first kappa shape index (κ1) is 17.3. The first-order chi connectivity index (χ1) is 13.0. The van der Waals surface area contributed by atoms with Crippen molar-refractivity contribution in [2.45, 2.75) is 4.90 Å². The number of benzene rings is 2. The van der Waals surface area contributed by atoms with Gasteiger partial charge in [-0.2, -0.15) is 0 Å². The van der Waals surface area contributed by atoms with E-state index in [0.717, 1.165) is 11.3 Å². The Labute approximate surface area is 158 Å². The molecular weight excluding hydrogens is 390 g/mol. The van der Waals surface area contributed by atoms with Crippen molar-refractivity contribution < 1.29 is 22.7 Å². The van der Waals surface area contributed by atoms with Crippen LogP contribution in [-0.4, -0.2) is 26.1 Å². The van der Waals surface area contributed by atoms with Gasteiger partial charge in [-0.3, -0.25) is 9.52 Å². The largest absolute Gasteiger partial charge is 0.454 e. The average molecular weight is 403 g/mol. The highest BCUT2D eigenvalue weighted by atomic mass is 32.2. The maximum Gasteiger partial charge on any atom is 0.275 e. The van der Waals surface area contributed by atoms with Crippen LogP contribution in [0, 0.1) is 0 Å². The Bertz CT molecular complexity index is 1100. The van der Waals surface area contributed by atoms with E-state index < -0.39 is 15.9 Å². The van der Waals surface area contributed by atoms with Crippen LogP contribution in [0.25, 0.3) is 0 Å². The smallest absolute Gasteiger partial charge is 0.275 e. The third kappa shape index (κ3) is 3.71. The van der Waals surface area contributed by atoms with Gasteiger partial charge in [0.2, 0.25) is 6.79 Å². The molecule has 0 unspecified atom stereocenters. The number of hydrogen-bond acceptors (Lipinski definition) is 7. The number of carbonyl (C=O) groups excluding carboxylic acids is 1. The first-order valence-electron chi connectivity index (χ1n) is 7.76. The van der Waals surface area contributed by atoms with E-state index in [9.17, 15) is 13.2 Å². The monoisotopic (exact) mass is 403 g/mol. The van der Waals surface area contributed by atoms with E-state index in [4.69, 9.17) is 9.47 Å². The maximum atomic E-state index is 12.3. The van der Waals surface area contributed by atoms with E-state index in [1.165, 1.54) is 17.5 Å². The van der Waals surface area contributed by atoms with Crippen molar-refractivity contribution in [3.05, 3.63) is 59.6 Å². The summed E-state index contributed by atoms with van der Waals surface area (Å²) in [6, 6.07) is 12.9. The molecule has 1 aromatic heterocycles. The second kappa shape index (κ2) is 6.89. The lowest BCUT2D eigenvalue weighted by atomic mass is 10.2. The molecule has 1 aliphatic rings. The highest BCUT2D eigenvalue weighted by Gasteiger charge is 2.19. The Morgan fingerprint density at radius 3 is 2.67 bits per heavy atom. The van der Waals surface area contributed by atoms with E-state index in [0.29, 0.717) is 17.2 Å². The van der Waals surface area contributed by atoms with E-state index in [-0.39, 0.29) is 22.5 Å². The number of thiazole rings is 1. The molecule has 10 heteroatoms. The summed E-state index contributed by atoms with van der Waals surface area (Å²) in [5.74, 6) is 0.692. The van der Waals surface area contributed by atoms with Crippen molar-refractivity contribution in [1.82, 2.24) is 4.98 Å². The second-order valence-electron chi connectivity index (χ2n) is 5.48. The van der Waals surface area contributed by atoms with Gasteiger partial charge in [0.15, 0.2) is 16.6 Å². The molecule has 0 radical (unpaired) electrons. The van der Waals surface area contributed by atoms with Gasteiger partial charge in [-0.25, -0.2) is 13.4 Å². The Hall–Kier alpha value is -3.11. The molecule has 1 aliphatic heterocycles. The lowest BCUT2D eigenvalue weighted by Gasteiger charge is -2.05. The highest BCUT2D eigenvalue weighted by molar-refractivity contribution is 7.93. The van der Waals surface area contributed by atoms with Gasteiger partial charge in [-0.1, -0.05) is 18.2 Å². The van der Waals surface area contributed by atoms with E-state index in [1.807, 2.05) is 0 Å². The van der Waals surface area contributed by atoms with Gasteiger partial charge >= 0.3 is 0 Å². The van der Waals surface area contributed by atoms with Crippen molar-refractivity contribution in [1.29, 1.82) is 0 Å². The average Bonchev–Trinajstić information content (AvgIpc) is 3.31. The quantitative estimate of drug-likeness (QED) is 0.678. The molecule has 2 aromatic carbocycles. The molecule has 0 spiro atoms.